The van der Waals surface area contributed by atoms with Crippen LogP contribution in [0.15, 0.2) is 35.2 Å². The SMILES string of the molecule is C=C(C)S.Cc1cccc2scnc12. The van der Waals surface area contributed by atoms with Gasteiger partial charge in [0.15, 0.2) is 0 Å². The number of thiol groups is 1. The van der Waals surface area contributed by atoms with Crippen LogP contribution in [0.3, 0.4) is 0 Å². The van der Waals surface area contributed by atoms with Crippen LogP contribution in [0.4, 0.5) is 0 Å². The lowest BCUT2D eigenvalue weighted by Crippen LogP contribution is -1.72. The first-order valence-corrected chi connectivity index (χ1v) is 5.57. The molecule has 2 aromatic rings. The van der Waals surface area contributed by atoms with Gasteiger partial charge in [-0.05, 0) is 30.4 Å². The highest BCUT2D eigenvalue weighted by Crippen LogP contribution is 2.19. The van der Waals surface area contributed by atoms with E-state index in [0.717, 1.165) is 10.4 Å². The Morgan fingerprint density at radius 3 is 2.71 bits per heavy atom. The van der Waals surface area contributed by atoms with Crippen LogP contribution >= 0.6 is 24.0 Å². The summed E-state index contributed by atoms with van der Waals surface area (Å²) in [7, 11) is 0. The van der Waals surface area contributed by atoms with Gasteiger partial charge in [-0.1, -0.05) is 18.7 Å². The minimum Gasteiger partial charge on any atom is -0.244 e. The zero-order valence-corrected chi connectivity index (χ0v) is 10.0. The van der Waals surface area contributed by atoms with Crippen molar-refractivity contribution in [2.75, 3.05) is 0 Å². The van der Waals surface area contributed by atoms with Crippen LogP contribution in [0.25, 0.3) is 10.2 Å². The van der Waals surface area contributed by atoms with Crippen LogP contribution in [0.2, 0.25) is 0 Å². The maximum Gasteiger partial charge on any atom is 0.0841 e. The fourth-order valence-electron chi connectivity index (χ4n) is 1.03. The smallest absolute Gasteiger partial charge is 0.0841 e. The van der Waals surface area contributed by atoms with Gasteiger partial charge in [0, 0.05) is 0 Å². The van der Waals surface area contributed by atoms with Gasteiger partial charge in [-0.3, -0.25) is 0 Å². The summed E-state index contributed by atoms with van der Waals surface area (Å²) in [5.41, 5.74) is 4.30. The second-order valence-corrected chi connectivity index (χ2v) is 4.66. The molecule has 1 aromatic heterocycles. The topological polar surface area (TPSA) is 12.9 Å². The van der Waals surface area contributed by atoms with E-state index in [0.29, 0.717) is 0 Å². The molecule has 2 rings (SSSR count). The third-order valence-electron chi connectivity index (χ3n) is 1.56. The Hall–Kier alpha value is -0.800. The van der Waals surface area contributed by atoms with Crippen molar-refractivity contribution in [1.29, 1.82) is 0 Å². The minimum absolute atomic E-state index is 0.861. The molecule has 1 nitrogen and oxygen atoms in total. The van der Waals surface area contributed by atoms with Crippen molar-refractivity contribution < 1.29 is 0 Å². The van der Waals surface area contributed by atoms with Gasteiger partial charge in [0.25, 0.3) is 0 Å². The Balaban J connectivity index is 0.000000213. The number of aromatic nitrogens is 1. The lowest BCUT2D eigenvalue weighted by molar-refractivity contribution is 1.43. The molecule has 3 heteroatoms. The molecule has 0 unspecified atom stereocenters. The molecule has 0 bridgehead atoms. The Morgan fingerprint density at radius 2 is 2.14 bits per heavy atom. The number of hydrogen-bond donors (Lipinski definition) is 1. The van der Waals surface area contributed by atoms with Crippen molar-refractivity contribution in [1.82, 2.24) is 4.98 Å². The Labute approximate surface area is 93.9 Å². The van der Waals surface area contributed by atoms with Crippen molar-refractivity contribution in [2.45, 2.75) is 13.8 Å². The Morgan fingerprint density at radius 1 is 1.50 bits per heavy atom. The van der Waals surface area contributed by atoms with E-state index in [1.807, 2.05) is 12.4 Å². The maximum atomic E-state index is 4.24. The molecular weight excluding hydrogens is 210 g/mol. The van der Waals surface area contributed by atoms with E-state index in [1.54, 1.807) is 11.3 Å². The van der Waals surface area contributed by atoms with Crippen LogP contribution < -0.4 is 0 Å². The largest absolute Gasteiger partial charge is 0.244 e. The molecule has 14 heavy (non-hydrogen) atoms. The van der Waals surface area contributed by atoms with Gasteiger partial charge in [0.05, 0.1) is 15.7 Å². The highest BCUT2D eigenvalue weighted by molar-refractivity contribution is 7.84. The average Bonchev–Trinajstić information content (AvgIpc) is 2.52. The molecule has 0 spiro atoms. The van der Waals surface area contributed by atoms with E-state index in [9.17, 15) is 0 Å². The lowest BCUT2D eigenvalue weighted by atomic mass is 10.2. The van der Waals surface area contributed by atoms with E-state index in [2.05, 4.69) is 49.3 Å². The summed E-state index contributed by atoms with van der Waals surface area (Å²) < 4.78 is 1.28. The van der Waals surface area contributed by atoms with Gasteiger partial charge in [-0.25, -0.2) is 4.98 Å². The number of fused-ring (bicyclic) bond motifs is 1. The van der Waals surface area contributed by atoms with Crippen LogP contribution in [-0.4, -0.2) is 4.98 Å². The van der Waals surface area contributed by atoms with E-state index >= 15 is 0 Å². The standard InChI is InChI=1S/C8H7NS.C3H6S/c1-6-3-2-4-7-8(6)9-5-10-7;1-3(2)4/h2-5H,1H3;4H,1H2,2H3. The highest BCUT2D eigenvalue weighted by atomic mass is 32.1. The zero-order valence-electron chi connectivity index (χ0n) is 8.32. The first-order valence-electron chi connectivity index (χ1n) is 4.24. The molecule has 0 aliphatic carbocycles. The molecule has 0 fully saturated rings. The van der Waals surface area contributed by atoms with E-state index in [1.165, 1.54) is 10.3 Å². The molecule has 1 aromatic carbocycles. The highest BCUT2D eigenvalue weighted by Gasteiger charge is 1.96. The molecule has 0 aliphatic heterocycles. The van der Waals surface area contributed by atoms with Crippen molar-refractivity contribution >= 4 is 34.2 Å². The molecule has 0 amide bonds. The van der Waals surface area contributed by atoms with Crippen LogP contribution in [0.5, 0.6) is 0 Å². The van der Waals surface area contributed by atoms with Crippen molar-refractivity contribution in [3.05, 3.63) is 40.8 Å². The first-order chi connectivity index (χ1) is 6.61. The number of rotatable bonds is 0. The van der Waals surface area contributed by atoms with Gasteiger partial charge < -0.3 is 0 Å². The minimum atomic E-state index is 0.861. The summed E-state index contributed by atoms with van der Waals surface area (Å²) in [5.74, 6) is 0. The van der Waals surface area contributed by atoms with Crippen LogP contribution in [-0.2, 0) is 0 Å². The molecule has 1 heterocycles. The summed E-state index contributed by atoms with van der Waals surface area (Å²) in [6, 6.07) is 6.25. The fourth-order valence-corrected chi connectivity index (χ4v) is 1.78. The Kier molecular flexibility index (Phi) is 4.17. The monoisotopic (exact) mass is 223 g/mol. The molecule has 0 atom stereocenters. The quantitative estimate of drug-likeness (QED) is 0.665. The van der Waals surface area contributed by atoms with Crippen molar-refractivity contribution in [3.8, 4) is 0 Å². The summed E-state index contributed by atoms with van der Waals surface area (Å²) in [5, 5.41) is 0. The summed E-state index contributed by atoms with van der Waals surface area (Å²) in [4.78, 5) is 5.10. The number of benzene rings is 1. The molecule has 74 valence electrons. The normalized spacial score (nSPS) is 9.36. The molecule has 0 saturated heterocycles. The van der Waals surface area contributed by atoms with Gasteiger partial charge in [0.1, 0.15) is 0 Å². The summed E-state index contributed by atoms with van der Waals surface area (Å²) in [6.45, 7) is 7.34. The third kappa shape index (κ3) is 3.16. The van der Waals surface area contributed by atoms with Gasteiger partial charge in [0.2, 0.25) is 0 Å². The first kappa shape index (κ1) is 11.3. The van der Waals surface area contributed by atoms with Crippen LogP contribution in [0.1, 0.15) is 12.5 Å². The predicted octanol–water partition coefficient (Wildman–Crippen LogP) is 4.05. The van der Waals surface area contributed by atoms with Gasteiger partial charge in [-0.15, -0.1) is 24.0 Å². The summed E-state index contributed by atoms with van der Waals surface area (Å²) >= 11 is 5.46. The number of allylic oxidation sites excluding steroid dienone is 1. The zero-order chi connectivity index (χ0) is 10.6. The number of nitrogens with zero attached hydrogens (tertiary/aromatic N) is 1. The predicted molar refractivity (Wildman–Crippen MR) is 68.2 cm³/mol. The molecular formula is C11H13NS2. The number of para-hydroxylation sites is 1. The third-order valence-corrected chi connectivity index (χ3v) is 2.36. The summed E-state index contributed by atoms with van der Waals surface area (Å²) in [6.07, 6.45) is 0. The van der Waals surface area contributed by atoms with Crippen LogP contribution in [0, 0.1) is 6.92 Å². The van der Waals surface area contributed by atoms with Crippen molar-refractivity contribution in [2.24, 2.45) is 0 Å². The maximum absolute atomic E-state index is 4.24. The van der Waals surface area contributed by atoms with E-state index in [-0.39, 0.29) is 0 Å². The average molecular weight is 223 g/mol. The fraction of sp³-hybridized carbons (Fsp3) is 0.182. The number of aryl methyl sites for hydroxylation is 1. The van der Waals surface area contributed by atoms with E-state index in [4.69, 9.17) is 0 Å². The van der Waals surface area contributed by atoms with Crippen molar-refractivity contribution in [3.63, 3.8) is 0 Å². The van der Waals surface area contributed by atoms with Gasteiger partial charge in [-0.2, -0.15) is 0 Å². The second-order valence-electron chi connectivity index (χ2n) is 3.01. The second kappa shape index (κ2) is 5.17. The van der Waals surface area contributed by atoms with E-state index < -0.39 is 0 Å². The van der Waals surface area contributed by atoms with Gasteiger partial charge >= 0.3 is 0 Å². The number of thiazole rings is 1. The molecule has 0 radical (unpaired) electrons. The molecule has 0 saturated carbocycles. The number of hydrogen-bond acceptors (Lipinski definition) is 3. The molecule has 0 N–H and O–H groups in total. The Bertz CT molecular complexity index is 428. The molecule has 0 aliphatic rings. The lowest BCUT2D eigenvalue weighted by Gasteiger charge is -1.90.